The average molecular weight is 258 g/mol. The van der Waals surface area contributed by atoms with Crippen molar-refractivity contribution >= 4 is 21.6 Å². The highest BCUT2D eigenvalue weighted by Crippen LogP contribution is 2.24. The van der Waals surface area contributed by atoms with Crippen molar-refractivity contribution in [2.45, 2.75) is 13.8 Å². The van der Waals surface area contributed by atoms with Crippen LogP contribution in [-0.4, -0.2) is 12.1 Å². The lowest BCUT2D eigenvalue weighted by Crippen LogP contribution is -2.08. The van der Waals surface area contributed by atoms with Crippen LogP contribution >= 0.6 is 15.9 Å². The zero-order chi connectivity index (χ0) is 10.4. The summed E-state index contributed by atoms with van der Waals surface area (Å²) in [5.74, 6) is 1.53. The Balaban J connectivity index is 2.64. The zero-order valence-corrected chi connectivity index (χ0v) is 10.2. The number of hydrogen-bond acceptors (Lipinski definition) is 2. The Morgan fingerprint density at radius 3 is 2.71 bits per heavy atom. The van der Waals surface area contributed by atoms with E-state index in [9.17, 15) is 0 Å². The van der Waals surface area contributed by atoms with E-state index in [2.05, 4.69) is 35.1 Å². The van der Waals surface area contributed by atoms with Gasteiger partial charge in [0.15, 0.2) is 0 Å². The van der Waals surface area contributed by atoms with Gasteiger partial charge in [-0.1, -0.05) is 26.0 Å². The van der Waals surface area contributed by atoms with E-state index in [0.717, 1.165) is 18.0 Å². The molecule has 0 unspecified atom stereocenters. The minimum absolute atomic E-state index is 0.521. The van der Waals surface area contributed by atoms with E-state index in [1.54, 1.807) is 0 Å². The minimum atomic E-state index is 0.521. The first-order valence-electron chi connectivity index (χ1n) is 4.75. The van der Waals surface area contributed by atoms with Gasteiger partial charge in [0, 0.05) is 6.54 Å². The Morgan fingerprint density at radius 2 is 2.07 bits per heavy atom. The van der Waals surface area contributed by atoms with Crippen molar-refractivity contribution in [1.29, 1.82) is 0 Å². The minimum Gasteiger partial charge on any atom is -0.480 e. The van der Waals surface area contributed by atoms with Crippen LogP contribution in [0.25, 0.3) is 0 Å². The maximum atomic E-state index is 5.42. The predicted molar refractivity (Wildman–Crippen MR) is 64.2 cm³/mol. The molecule has 3 heteroatoms. The van der Waals surface area contributed by atoms with E-state index in [0.29, 0.717) is 11.4 Å². The van der Waals surface area contributed by atoms with Crippen LogP contribution in [0.2, 0.25) is 0 Å². The van der Waals surface area contributed by atoms with E-state index >= 15 is 0 Å². The van der Waals surface area contributed by atoms with Gasteiger partial charge >= 0.3 is 0 Å². The first-order valence-corrected chi connectivity index (χ1v) is 5.88. The first-order chi connectivity index (χ1) is 6.74. The van der Waals surface area contributed by atoms with Crippen LogP contribution in [0.15, 0.2) is 24.3 Å². The summed E-state index contributed by atoms with van der Waals surface area (Å²) in [4.78, 5) is 0. The maximum Gasteiger partial charge on any atom is 0.143 e. The molecule has 0 heterocycles. The monoisotopic (exact) mass is 257 g/mol. The van der Waals surface area contributed by atoms with Gasteiger partial charge in [0.1, 0.15) is 11.3 Å². The van der Waals surface area contributed by atoms with Gasteiger partial charge in [-0.2, -0.15) is 0 Å². The molecule has 1 aromatic rings. The van der Waals surface area contributed by atoms with Gasteiger partial charge in [-0.3, -0.25) is 0 Å². The number of halogens is 1. The lowest BCUT2D eigenvalue weighted by molar-refractivity contribution is 0.399. The summed E-state index contributed by atoms with van der Waals surface area (Å²) in [6.45, 7) is 5.32. The standard InChI is InChI=1S/C11H16BrNO/c1-9(2)7-13-10-5-3-4-6-11(10)14-8-12/h3-6,9,13H,7-8H2,1-2H3. The zero-order valence-electron chi connectivity index (χ0n) is 8.59. The Hall–Kier alpha value is -0.700. The summed E-state index contributed by atoms with van der Waals surface area (Å²) in [6, 6.07) is 7.96. The van der Waals surface area contributed by atoms with Crippen molar-refractivity contribution in [2.24, 2.45) is 5.92 Å². The number of ether oxygens (including phenoxy) is 1. The molecule has 1 aromatic carbocycles. The van der Waals surface area contributed by atoms with Crippen molar-refractivity contribution in [1.82, 2.24) is 0 Å². The number of nitrogens with one attached hydrogen (secondary N) is 1. The molecule has 0 aliphatic carbocycles. The van der Waals surface area contributed by atoms with Gasteiger partial charge in [-0.25, -0.2) is 0 Å². The fraction of sp³-hybridized carbons (Fsp3) is 0.455. The molecule has 0 aromatic heterocycles. The summed E-state index contributed by atoms with van der Waals surface area (Å²) in [6.07, 6.45) is 0. The lowest BCUT2D eigenvalue weighted by Gasteiger charge is -2.12. The molecule has 0 radical (unpaired) electrons. The fourth-order valence-electron chi connectivity index (χ4n) is 1.11. The molecule has 0 amide bonds. The van der Waals surface area contributed by atoms with Crippen molar-refractivity contribution in [3.63, 3.8) is 0 Å². The Labute approximate surface area is 93.8 Å². The molecule has 0 atom stereocenters. The van der Waals surface area contributed by atoms with Crippen LogP contribution in [0.1, 0.15) is 13.8 Å². The number of alkyl halides is 1. The van der Waals surface area contributed by atoms with E-state index in [-0.39, 0.29) is 0 Å². The Bertz CT molecular complexity index is 276. The molecular weight excluding hydrogens is 242 g/mol. The van der Waals surface area contributed by atoms with Crippen molar-refractivity contribution in [3.05, 3.63) is 24.3 Å². The van der Waals surface area contributed by atoms with Gasteiger partial charge in [0.25, 0.3) is 0 Å². The quantitative estimate of drug-likeness (QED) is 0.816. The van der Waals surface area contributed by atoms with Crippen molar-refractivity contribution < 1.29 is 4.74 Å². The summed E-state index contributed by atoms with van der Waals surface area (Å²) in [5.41, 5.74) is 1.58. The second-order valence-corrected chi connectivity index (χ2v) is 3.98. The van der Waals surface area contributed by atoms with E-state index in [4.69, 9.17) is 4.74 Å². The fourth-order valence-corrected chi connectivity index (χ4v) is 1.36. The number of rotatable bonds is 5. The van der Waals surface area contributed by atoms with Crippen LogP contribution in [-0.2, 0) is 0 Å². The Morgan fingerprint density at radius 1 is 1.36 bits per heavy atom. The van der Waals surface area contributed by atoms with E-state index < -0.39 is 0 Å². The smallest absolute Gasteiger partial charge is 0.143 e. The topological polar surface area (TPSA) is 21.3 Å². The van der Waals surface area contributed by atoms with Gasteiger partial charge in [0.05, 0.1) is 5.69 Å². The van der Waals surface area contributed by atoms with Gasteiger partial charge in [0.2, 0.25) is 0 Å². The molecule has 0 spiro atoms. The molecule has 1 rings (SSSR count). The van der Waals surface area contributed by atoms with Crippen LogP contribution in [0.4, 0.5) is 5.69 Å². The molecule has 78 valence electrons. The molecule has 2 nitrogen and oxygen atoms in total. The summed E-state index contributed by atoms with van der Waals surface area (Å²) in [7, 11) is 0. The molecule has 0 fully saturated rings. The largest absolute Gasteiger partial charge is 0.480 e. The average Bonchev–Trinajstić information content (AvgIpc) is 2.17. The molecule has 1 N–H and O–H groups in total. The van der Waals surface area contributed by atoms with Crippen LogP contribution < -0.4 is 10.1 Å². The van der Waals surface area contributed by atoms with Gasteiger partial charge < -0.3 is 10.1 Å². The third kappa shape index (κ3) is 3.58. The molecule has 0 saturated heterocycles. The van der Waals surface area contributed by atoms with Crippen LogP contribution in [0.5, 0.6) is 5.75 Å². The highest BCUT2D eigenvalue weighted by atomic mass is 79.9. The van der Waals surface area contributed by atoms with Gasteiger partial charge in [-0.05, 0) is 34.0 Å². The molecule has 0 aliphatic rings. The lowest BCUT2D eigenvalue weighted by atomic mass is 10.2. The first kappa shape index (κ1) is 11.4. The maximum absolute atomic E-state index is 5.42. The van der Waals surface area contributed by atoms with E-state index in [1.807, 2.05) is 24.3 Å². The predicted octanol–water partition coefficient (Wildman–Crippen LogP) is 3.49. The molecule has 14 heavy (non-hydrogen) atoms. The Kier molecular flexibility index (Phi) is 4.80. The van der Waals surface area contributed by atoms with Crippen LogP contribution in [0, 0.1) is 5.92 Å². The molecule has 0 bridgehead atoms. The highest BCUT2D eigenvalue weighted by Gasteiger charge is 2.01. The summed E-state index contributed by atoms with van der Waals surface area (Å²) >= 11 is 3.25. The highest BCUT2D eigenvalue weighted by molar-refractivity contribution is 9.09. The number of benzene rings is 1. The second kappa shape index (κ2) is 5.91. The van der Waals surface area contributed by atoms with Gasteiger partial charge in [-0.15, -0.1) is 0 Å². The number of hydrogen-bond donors (Lipinski definition) is 1. The summed E-state index contributed by atoms with van der Waals surface area (Å²) in [5, 5.41) is 3.35. The second-order valence-electron chi connectivity index (χ2n) is 3.52. The normalized spacial score (nSPS) is 10.3. The van der Waals surface area contributed by atoms with Crippen LogP contribution in [0.3, 0.4) is 0 Å². The number of para-hydroxylation sites is 2. The third-order valence-electron chi connectivity index (χ3n) is 1.80. The van der Waals surface area contributed by atoms with Crippen molar-refractivity contribution in [2.75, 3.05) is 17.4 Å². The van der Waals surface area contributed by atoms with Crippen molar-refractivity contribution in [3.8, 4) is 5.75 Å². The third-order valence-corrected chi connectivity index (χ3v) is 2.03. The molecule has 0 saturated carbocycles. The summed E-state index contributed by atoms with van der Waals surface area (Å²) < 4.78 is 5.42. The van der Waals surface area contributed by atoms with E-state index in [1.165, 1.54) is 0 Å². The SMILES string of the molecule is CC(C)CNc1ccccc1OCBr. The molecule has 0 aliphatic heterocycles. The number of anilines is 1. The molecular formula is C11H16BrNO.